The number of rotatable bonds is 7. The lowest BCUT2D eigenvalue weighted by atomic mass is 9.44. The van der Waals surface area contributed by atoms with Gasteiger partial charge in [0.25, 0.3) is 8.32 Å². The van der Waals surface area contributed by atoms with Gasteiger partial charge in [-0.1, -0.05) is 156 Å². The zero-order chi connectivity index (χ0) is 42.4. The molecule has 0 amide bonds. The van der Waals surface area contributed by atoms with Crippen molar-refractivity contribution in [2.75, 3.05) is 0 Å². The van der Waals surface area contributed by atoms with E-state index in [9.17, 15) is 15.0 Å². The molecule has 6 rings (SSSR count). The molecule has 0 aromatic rings. The molecule has 5 fully saturated rings. The van der Waals surface area contributed by atoms with Crippen LogP contribution in [0, 0.1) is 62.1 Å². The van der Waals surface area contributed by atoms with Gasteiger partial charge in [-0.2, -0.15) is 0 Å². The molecule has 6 aliphatic carbocycles. The molecule has 4 nitrogen and oxygen atoms in total. The highest BCUT2D eigenvalue weighted by atomic mass is 28.4. The molecule has 6 aliphatic rings. The summed E-state index contributed by atoms with van der Waals surface area (Å²) in [6.07, 6.45) is 12.6. The third kappa shape index (κ3) is 7.45. The molecular formula is C54H96O4Si. The van der Waals surface area contributed by atoms with Crippen LogP contribution in [-0.4, -0.2) is 36.5 Å². The van der Waals surface area contributed by atoms with Crippen LogP contribution >= 0.6 is 0 Å². The van der Waals surface area contributed by atoms with Crippen molar-refractivity contribution >= 4 is 14.1 Å². The Morgan fingerprint density at radius 1 is 0.695 bits per heavy atom. The first-order chi connectivity index (χ1) is 25.8. The molecule has 0 aromatic heterocycles. The van der Waals surface area contributed by atoms with Crippen molar-refractivity contribution in [3.63, 3.8) is 0 Å². The van der Waals surface area contributed by atoms with Gasteiger partial charge in [-0.05, 0) is 108 Å². The number of carbonyl (C=O) groups excluding carboxylic acids is 1. The summed E-state index contributed by atoms with van der Waals surface area (Å²) >= 11 is 0. The van der Waals surface area contributed by atoms with Crippen molar-refractivity contribution < 1.29 is 19.4 Å². The van der Waals surface area contributed by atoms with Gasteiger partial charge in [0.1, 0.15) is 5.78 Å². The molecule has 340 valence electrons. The zero-order valence-electron chi connectivity index (χ0n) is 38.5. The summed E-state index contributed by atoms with van der Waals surface area (Å²) in [5.74, 6) is 2.82. The molecule has 0 aliphatic heterocycles. The maximum Gasteiger partial charge on any atom is 0.258 e. The Labute approximate surface area is 367 Å². The summed E-state index contributed by atoms with van der Waals surface area (Å²) in [7, 11) is -2.09. The number of allylic oxidation sites excluding steroid dienone is 5. The Kier molecular flexibility index (Phi) is 16.1. The Balaban J connectivity index is 0.000000408. The molecule has 11 unspecified atom stereocenters. The molecule has 4 bridgehead atoms. The number of aliphatic hydroxyl groups excluding tert-OH is 2. The van der Waals surface area contributed by atoms with Crippen LogP contribution in [0.3, 0.4) is 0 Å². The average molecular weight is 837 g/mol. The van der Waals surface area contributed by atoms with Gasteiger partial charge in [-0.25, -0.2) is 0 Å². The normalized spacial score (nSPS) is 43.0. The van der Waals surface area contributed by atoms with Crippen LogP contribution in [0.1, 0.15) is 183 Å². The summed E-state index contributed by atoms with van der Waals surface area (Å²) in [4.78, 5) is 12.9. The second-order valence-electron chi connectivity index (χ2n) is 22.2. The number of ketones is 1. The van der Waals surface area contributed by atoms with Gasteiger partial charge < -0.3 is 14.6 Å². The van der Waals surface area contributed by atoms with Crippen molar-refractivity contribution in [1.82, 2.24) is 0 Å². The SMILES string of the molecule is C.C.C.C=CC1(C)C[C@H](O)C2(C)C(C)CCC3(CCC(=O)C32)C(=C)C1C.C=CC1(C)C[C@H](O)C2(C)C3=C(O[Si](C(C)C)(C(C)C)C(C)C)CCC3(CCC2C)C(=C)C1C. The van der Waals surface area contributed by atoms with E-state index in [1.807, 2.05) is 6.08 Å². The van der Waals surface area contributed by atoms with Crippen LogP contribution in [0.2, 0.25) is 16.6 Å². The van der Waals surface area contributed by atoms with E-state index in [2.05, 4.69) is 123 Å². The molecule has 5 saturated carbocycles. The quantitative estimate of drug-likeness (QED) is 0.198. The lowest BCUT2D eigenvalue weighted by Crippen LogP contribution is -2.59. The Morgan fingerprint density at radius 3 is 1.66 bits per heavy atom. The van der Waals surface area contributed by atoms with Gasteiger partial charge in [0.2, 0.25) is 0 Å². The number of Topliss-reactive ketones (excluding diaryl/α,β-unsaturated/α-hetero) is 1. The highest BCUT2D eigenvalue weighted by Gasteiger charge is 2.66. The van der Waals surface area contributed by atoms with Crippen LogP contribution < -0.4 is 0 Å². The number of hydrogen-bond donors (Lipinski definition) is 2. The van der Waals surface area contributed by atoms with E-state index in [0.717, 1.165) is 51.4 Å². The van der Waals surface area contributed by atoms with Crippen molar-refractivity contribution in [1.29, 1.82) is 0 Å². The first-order valence-corrected chi connectivity index (χ1v) is 24.9. The lowest BCUT2D eigenvalue weighted by Gasteiger charge is -2.60. The summed E-state index contributed by atoms with van der Waals surface area (Å²) in [5, 5.41) is 23.2. The van der Waals surface area contributed by atoms with E-state index >= 15 is 0 Å². The van der Waals surface area contributed by atoms with Gasteiger partial charge in [0.15, 0.2) is 0 Å². The Hall–Kier alpha value is -1.69. The highest BCUT2D eigenvalue weighted by molar-refractivity contribution is 6.77. The molecular weight excluding hydrogens is 741 g/mol. The third-order valence-corrected chi connectivity index (χ3v) is 25.4. The molecule has 5 heteroatoms. The molecule has 59 heavy (non-hydrogen) atoms. The second-order valence-corrected chi connectivity index (χ2v) is 27.6. The number of hydrogen-bond acceptors (Lipinski definition) is 4. The van der Waals surface area contributed by atoms with E-state index in [1.165, 1.54) is 22.5 Å². The molecule has 0 saturated heterocycles. The van der Waals surface area contributed by atoms with Crippen molar-refractivity contribution in [2.24, 2.45) is 62.1 Å². The predicted molar refractivity (Wildman–Crippen MR) is 259 cm³/mol. The Morgan fingerprint density at radius 2 is 1.17 bits per heavy atom. The fraction of sp³-hybridized carbons (Fsp3) is 0.796. The smallest absolute Gasteiger partial charge is 0.258 e. The summed E-state index contributed by atoms with van der Waals surface area (Å²) in [6, 6.07) is 0. The molecule has 0 spiro atoms. The van der Waals surface area contributed by atoms with Crippen LogP contribution in [0.5, 0.6) is 0 Å². The van der Waals surface area contributed by atoms with Gasteiger partial charge in [0, 0.05) is 40.4 Å². The van der Waals surface area contributed by atoms with Crippen LogP contribution in [-0.2, 0) is 9.22 Å². The van der Waals surface area contributed by atoms with Gasteiger partial charge in [-0.15, -0.1) is 13.2 Å². The minimum absolute atomic E-state index is 0. The van der Waals surface area contributed by atoms with E-state index in [4.69, 9.17) is 11.0 Å². The topological polar surface area (TPSA) is 66.8 Å². The molecule has 13 atom stereocenters. The minimum atomic E-state index is -2.09. The molecule has 0 heterocycles. The third-order valence-electron chi connectivity index (χ3n) is 19.4. The molecule has 0 radical (unpaired) electrons. The largest absolute Gasteiger partial charge is 0.546 e. The average Bonchev–Trinajstić information content (AvgIpc) is 3.70. The van der Waals surface area contributed by atoms with Gasteiger partial charge in [-0.3, -0.25) is 4.79 Å². The second kappa shape index (κ2) is 17.8. The maximum absolute atomic E-state index is 12.9. The monoisotopic (exact) mass is 837 g/mol. The number of carbonyl (C=O) groups is 1. The molecule has 0 aromatic carbocycles. The van der Waals surface area contributed by atoms with E-state index in [-0.39, 0.29) is 72.5 Å². The van der Waals surface area contributed by atoms with Crippen molar-refractivity contribution in [3.05, 3.63) is 60.9 Å². The lowest BCUT2D eigenvalue weighted by molar-refractivity contribution is -0.154. The van der Waals surface area contributed by atoms with Crippen LogP contribution in [0.25, 0.3) is 0 Å². The predicted octanol–water partition coefficient (Wildman–Crippen LogP) is 15.2. The van der Waals surface area contributed by atoms with Crippen LogP contribution in [0.4, 0.5) is 0 Å². The highest BCUT2D eigenvalue weighted by Crippen LogP contribution is 2.70. The standard InChI is InChI=1S/C30H52O2Si.C21H32O2.3CH4/c1-13-28(11)18-26(31)29(12)22(8)14-16-30(24(10)23(28)9)17-15-25(27(29)30)32-33(19(2)3,20(4)5)21(6)7;1-7-19(5)12-17(23)20(6)13(2)8-10-21(15(4)14(19)3)11-9-16(22)18(20)21;;;/h13,19-23,26,31H,1,10,14-18H2,2-9,11-12H3;7,13-14,17-18,23H,1,4,8-12H2,2-3,5-6H3;3*1H4/t22?,23?,26-,28?,29?,30?;13?,14?,17-,18?,19?,20?,21?;;;/m00.../s1. The van der Waals surface area contributed by atoms with Crippen LogP contribution in [0.15, 0.2) is 60.9 Å². The van der Waals surface area contributed by atoms with Gasteiger partial charge >= 0.3 is 0 Å². The van der Waals surface area contributed by atoms with Gasteiger partial charge in [0.05, 0.1) is 18.0 Å². The fourth-order valence-corrected chi connectivity index (χ4v) is 19.9. The van der Waals surface area contributed by atoms with E-state index in [0.29, 0.717) is 47.1 Å². The molecule has 2 N–H and O–H groups in total. The van der Waals surface area contributed by atoms with Crippen molar-refractivity contribution in [3.8, 4) is 0 Å². The first kappa shape index (κ1) is 53.4. The number of aliphatic hydroxyl groups is 2. The fourth-order valence-electron chi connectivity index (χ4n) is 14.6. The van der Waals surface area contributed by atoms with E-state index < -0.39 is 20.5 Å². The minimum Gasteiger partial charge on any atom is -0.546 e. The zero-order valence-corrected chi connectivity index (χ0v) is 39.5. The summed E-state index contributed by atoms with van der Waals surface area (Å²) in [5.41, 5.74) is 4.53. The van der Waals surface area contributed by atoms with E-state index in [1.54, 1.807) is 0 Å². The first-order valence-electron chi connectivity index (χ1n) is 22.8. The maximum atomic E-state index is 12.9. The van der Waals surface area contributed by atoms with Crippen molar-refractivity contribution in [2.45, 2.75) is 212 Å². The Bertz CT molecular complexity index is 1600. The summed E-state index contributed by atoms with van der Waals surface area (Å²) in [6.45, 7) is 49.9. The summed E-state index contributed by atoms with van der Waals surface area (Å²) < 4.78 is 7.45.